The molecule has 0 unspecified atom stereocenters. The van der Waals surface area contributed by atoms with E-state index in [-0.39, 0.29) is 35.4 Å². The third-order valence-electron chi connectivity index (χ3n) is 4.92. The molecule has 7 heteroatoms. The van der Waals surface area contributed by atoms with E-state index in [1.54, 1.807) is 0 Å². The maximum absolute atomic E-state index is 12.1. The van der Waals surface area contributed by atoms with Gasteiger partial charge in [-0.05, 0) is 58.8 Å². The van der Waals surface area contributed by atoms with Gasteiger partial charge in [-0.25, -0.2) is 0 Å². The second-order valence-electron chi connectivity index (χ2n) is 7.60. The van der Waals surface area contributed by atoms with Crippen molar-refractivity contribution in [1.82, 2.24) is 20.9 Å². The molecule has 1 aromatic rings. The number of carbonyl (C=O) groups is 1. The molecule has 0 bridgehead atoms. The predicted octanol–water partition coefficient (Wildman–Crippen LogP) is 2.85. The van der Waals surface area contributed by atoms with Gasteiger partial charge in [0.2, 0.25) is 0 Å². The van der Waals surface area contributed by atoms with E-state index in [4.69, 9.17) is 4.99 Å². The van der Waals surface area contributed by atoms with Crippen molar-refractivity contribution < 1.29 is 4.79 Å². The van der Waals surface area contributed by atoms with Crippen LogP contribution in [0.25, 0.3) is 0 Å². The molecular weight excluding hydrogens is 465 g/mol. The van der Waals surface area contributed by atoms with E-state index in [0.29, 0.717) is 18.7 Å². The number of nitrogens with zero attached hydrogens (tertiary/aromatic N) is 2. The topological polar surface area (TPSA) is 68.8 Å². The van der Waals surface area contributed by atoms with Gasteiger partial charge in [-0.1, -0.05) is 24.6 Å². The maximum Gasteiger partial charge on any atom is 0.251 e. The van der Waals surface area contributed by atoms with E-state index in [0.717, 1.165) is 32.1 Å². The van der Waals surface area contributed by atoms with Crippen LogP contribution in [0.15, 0.2) is 35.3 Å². The normalized spacial score (nSPS) is 15.5. The van der Waals surface area contributed by atoms with Crippen LogP contribution in [0.2, 0.25) is 0 Å². The molecule has 0 spiro atoms. The van der Waals surface area contributed by atoms with Crippen LogP contribution in [-0.4, -0.2) is 61.6 Å². The Morgan fingerprint density at radius 2 is 1.68 bits per heavy atom. The maximum atomic E-state index is 12.1. The first kappa shape index (κ1) is 24.7. The molecule has 1 aliphatic rings. The lowest BCUT2D eigenvalue weighted by Gasteiger charge is -2.40. The minimum atomic E-state index is -0.0504. The predicted molar refractivity (Wildman–Crippen MR) is 128 cm³/mol. The van der Waals surface area contributed by atoms with E-state index in [2.05, 4.69) is 41.6 Å². The number of amides is 1. The van der Waals surface area contributed by atoms with Crippen LogP contribution in [0, 0.1) is 0 Å². The van der Waals surface area contributed by atoms with E-state index >= 15 is 0 Å². The summed E-state index contributed by atoms with van der Waals surface area (Å²) in [6.07, 6.45) is 3.91. The third kappa shape index (κ3) is 8.34. The van der Waals surface area contributed by atoms with Crippen molar-refractivity contribution in [3.63, 3.8) is 0 Å². The Kier molecular flexibility index (Phi) is 11.4. The van der Waals surface area contributed by atoms with Crippen LogP contribution in [-0.2, 0) is 0 Å². The van der Waals surface area contributed by atoms with Crippen LogP contribution in [0.5, 0.6) is 0 Å². The van der Waals surface area contributed by atoms with Crippen LogP contribution in [0.4, 0.5) is 0 Å². The third-order valence-corrected chi connectivity index (χ3v) is 4.92. The van der Waals surface area contributed by atoms with Gasteiger partial charge in [-0.15, -0.1) is 24.0 Å². The minimum absolute atomic E-state index is 0. The molecule has 0 aliphatic carbocycles. The highest BCUT2D eigenvalue weighted by atomic mass is 127. The number of hydrogen-bond donors (Lipinski definition) is 3. The molecule has 1 aliphatic heterocycles. The van der Waals surface area contributed by atoms with Gasteiger partial charge in [-0.3, -0.25) is 14.7 Å². The monoisotopic (exact) mass is 501 g/mol. The van der Waals surface area contributed by atoms with Crippen LogP contribution < -0.4 is 16.0 Å². The molecular formula is C21H36IN5O. The molecule has 1 heterocycles. The van der Waals surface area contributed by atoms with Gasteiger partial charge in [-0.2, -0.15) is 0 Å². The molecule has 1 fully saturated rings. The summed E-state index contributed by atoms with van der Waals surface area (Å²) in [5.74, 6) is 0.752. The number of rotatable bonds is 8. The van der Waals surface area contributed by atoms with Crippen molar-refractivity contribution in [3.8, 4) is 0 Å². The molecule has 1 saturated heterocycles. The summed E-state index contributed by atoms with van der Waals surface area (Å²) < 4.78 is 0. The molecule has 1 aromatic carbocycles. The molecule has 6 nitrogen and oxygen atoms in total. The minimum Gasteiger partial charge on any atom is -0.357 e. The van der Waals surface area contributed by atoms with Gasteiger partial charge in [0.15, 0.2) is 5.96 Å². The van der Waals surface area contributed by atoms with Crippen molar-refractivity contribution in [2.24, 2.45) is 4.99 Å². The Bertz CT molecular complexity index is 600. The van der Waals surface area contributed by atoms with Crippen molar-refractivity contribution in [1.29, 1.82) is 0 Å². The number of aliphatic imine (C=N–C) groups is 1. The smallest absolute Gasteiger partial charge is 0.251 e. The number of piperidine rings is 1. The number of likely N-dealkylation sites (tertiary alicyclic amines) is 1. The van der Waals surface area contributed by atoms with Gasteiger partial charge in [0.05, 0.1) is 6.54 Å². The average Bonchev–Trinajstić information content (AvgIpc) is 2.70. The van der Waals surface area contributed by atoms with Gasteiger partial charge in [0.1, 0.15) is 0 Å². The quantitative estimate of drug-likeness (QED) is 0.222. The number of guanidine groups is 1. The van der Waals surface area contributed by atoms with Crippen molar-refractivity contribution in [3.05, 3.63) is 35.9 Å². The van der Waals surface area contributed by atoms with Gasteiger partial charge in [0, 0.05) is 30.7 Å². The summed E-state index contributed by atoms with van der Waals surface area (Å²) in [6.45, 7) is 11.7. The standard InChI is InChI=1S/C21H35N5O.HI/c1-4-22-20(25-17-21(2,3)26-15-9-6-10-16-26)24-14-13-23-19(27)18-11-7-5-8-12-18;/h5,7-8,11-12H,4,6,9-10,13-17H2,1-3H3,(H,23,27)(H2,22,24,25);1H. The summed E-state index contributed by atoms with van der Waals surface area (Å²) in [5, 5.41) is 9.52. The number of halogens is 1. The number of benzene rings is 1. The van der Waals surface area contributed by atoms with Gasteiger partial charge < -0.3 is 16.0 Å². The second-order valence-corrected chi connectivity index (χ2v) is 7.60. The first-order valence-corrected chi connectivity index (χ1v) is 10.1. The van der Waals surface area contributed by atoms with Crippen LogP contribution in [0.3, 0.4) is 0 Å². The van der Waals surface area contributed by atoms with Crippen LogP contribution in [0.1, 0.15) is 50.4 Å². The van der Waals surface area contributed by atoms with E-state index in [9.17, 15) is 4.79 Å². The lowest BCUT2D eigenvalue weighted by Crippen LogP contribution is -2.50. The summed E-state index contributed by atoms with van der Waals surface area (Å²) >= 11 is 0. The van der Waals surface area contributed by atoms with Gasteiger partial charge >= 0.3 is 0 Å². The number of hydrogen-bond acceptors (Lipinski definition) is 3. The largest absolute Gasteiger partial charge is 0.357 e. The molecule has 28 heavy (non-hydrogen) atoms. The number of nitrogens with one attached hydrogen (secondary N) is 3. The lowest BCUT2D eigenvalue weighted by atomic mass is 9.99. The highest BCUT2D eigenvalue weighted by molar-refractivity contribution is 14.0. The zero-order valence-electron chi connectivity index (χ0n) is 17.5. The Morgan fingerprint density at radius 3 is 2.32 bits per heavy atom. The zero-order chi connectivity index (χ0) is 19.5. The summed E-state index contributed by atoms with van der Waals surface area (Å²) in [4.78, 5) is 19.4. The fraction of sp³-hybridized carbons (Fsp3) is 0.619. The molecule has 158 valence electrons. The summed E-state index contributed by atoms with van der Waals surface area (Å²) in [6, 6.07) is 9.27. The molecule has 2 rings (SSSR count). The molecule has 1 amide bonds. The Morgan fingerprint density at radius 1 is 1.04 bits per heavy atom. The van der Waals surface area contributed by atoms with E-state index in [1.165, 1.54) is 19.3 Å². The van der Waals surface area contributed by atoms with E-state index in [1.807, 2.05) is 30.3 Å². The van der Waals surface area contributed by atoms with Crippen LogP contribution >= 0.6 is 24.0 Å². The second kappa shape index (κ2) is 13.0. The molecule has 3 N–H and O–H groups in total. The molecule has 0 radical (unpaired) electrons. The van der Waals surface area contributed by atoms with E-state index < -0.39 is 0 Å². The van der Waals surface area contributed by atoms with Crippen molar-refractivity contribution in [2.45, 2.75) is 45.6 Å². The van der Waals surface area contributed by atoms with Crippen molar-refractivity contribution >= 4 is 35.8 Å². The fourth-order valence-corrected chi connectivity index (χ4v) is 3.26. The zero-order valence-corrected chi connectivity index (χ0v) is 19.8. The SMILES string of the molecule is CCNC(=NCC(C)(C)N1CCCCC1)NCCNC(=O)c1ccccc1.I. The molecule has 0 atom stereocenters. The van der Waals surface area contributed by atoms with Crippen molar-refractivity contribution in [2.75, 3.05) is 39.3 Å². The first-order chi connectivity index (χ1) is 13.0. The summed E-state index contributed by atoms with van der Waals surface area (Å²) in [7, 11) is 0. The average molecular weight is 501 g/mol. The summed E-state index contributed by atoms with van der Waals surface area (Å²) in [5.41, 5.74) is 0.742. The first-order valence-electron chi connectivity index (χ1n) is 10.1. The fourth-order valence-electron chi connectivity index (χ4n) is 3.26. The Hall–Kier alpha value is -1.35. The molecule has 0 aromatic heterocycles. The Balaban J connectivity index is 0.00000392. The highest BCUT2D eigenvalue weighted by Crippen LogP contribution is 2.20. The van der Waals surface area contributed by atoms with Gasteiger partial charge in [0.25, 0.3) is 5.91 Å². The number of carbonyl (C=O) groups excluding carboxylic acids is 1. The molecule has 0 saturated carbocycles. The lowest BCUT2D eigenvalue weighted by molar-refractivity contribution is 0.0954. The Labute approximate surface area is 187 Å². The highest BCUT2D eigenvalue weighted by Gasteiger charge is 2.27.